The number of hydrogen-bond donors (Lipinski definition) is 0. The van der Waals surface area contributed by atoms with Crippen LogP contribution in [0.2, 0.25) is 0 Å². The Bertz CT molecular complexity index is 539. The number of carbonyl (C=O) groups excluding carboxylic acids is 2. The first-order valence-corrected chi connectivity index (χ1v) is 7.42. The maximum Gasteiger partial charge on any atom is 0.410 e. The molecule has 0 aromatic heterocycles. The van der Waals surface area contributed by atoms with Gasteiger partial charge in [-0.15, -0.1) is 0 Å². The molecular formula is C17H21NO4. The molecule has 5 heteroatoms. The second-order valence-corrected chi connectivity index (χ2v) is 5.21. The van der Waals surface area contributed by atoms with Crippen molar-refractivity contribution in [2.24, 2.45) is 0 Å². The molecule has 5 nitrogen and oxygen atoms in total. The van der Waals surface area contributed by atoms with Crippen molar-refractivity contribution in [2.45, 2.75) is 25.9 Å². The summed E-state index contributed by atoms with van der Waals surface area (Å²) < 4.78 is 9.97. The topological polar surface area (TPSA) is 55.8 Å². The van der Waals surface area contributed by atoms with Crippen molar-refractivity contribution in [3.8, 4) is 0 Å². The predicted molar refractivity (Wildman–Crippen MR) is 82.2 cm³/mol. The SMILES string of the molecule is COC(=O)C=C1CCCN(C(=O)OCc2ccccc2)CC1. The van der Waals surface area contributed by atoms with Crippen molar-refractivity contribution in [3.05, 3.63) is 47.5 Å². The summed E-state index contributed by atoms with van der Waals surface area (Å²) in [6.45, 7) is 1.49. The lowest BCUT2D eigenvalue weighted by Crippen LogP contribution is -2.32. The molecule has 22 heavy (non-hydrogen) atoms. The van der Waals surface area contributed by atoms with Gasteiger partial charge < -0.3 is 14.4 Å². The second-order valence-electron chi connectivity index (χ2n) is 5.21. The zero-order chi connectivity index (χ0) is 15.8. The Morgan fingerprint density at radius 3 is 2.68 bits per heavy atom. The Morgan fingerprint density at radius 1 is 1.18 bits per heavy atom. The van der Waals surface area contributed by atoms with Crippen molar-refractivity contribution >= 4 is 12.1 Å². The van der Waals surface area contributed by atoms with Gasteiger partial charge in [-0.25, -0.2) is 9.59 Å². The minimum Gasteiger partial charge on any atom is -0.466 e. The van der Waals surface area contributed by atoms with E-state index in [1.54, 1.807) is 4.90 Å². The number of methoxy groups -OCH3 is 1. The lowest BCUT2D eigenvalue weighted by Gasteiger charge is -2.19. The van der Waals surface area contributed by atoms with Crippen LogP contribution in [-0.4, -0.2) is 37.2 Å². The number of benzene rings is 1. The minimum atomic E-state index is -0.338. The highest BCUT2D eigenvalue weighted by Gasteiger charge is 2.19. The fourth-order valence-corrected chi connectivity index (χ4v) is 2.38. The summed E-state index contributed by atoms with van der Waals surface area (Å²) >= 11 is 0. The molecule has 0 radical (unpaired) electrons. The van der Waals surface area contributed by atoms with Crippen LogP contribution in [0.1, 0.15) is 24.8 Å². The summed E-state index contributed by atoms with van der Waals surface area (Å²) in [4.78, 5) is 25.1. The fourth-order valence-electron chi connectivity index (χ4n) is 2.38. The van der Waals surface area contributed by atoms with Crippen LogP contribution in [0.5, 0.6) is 0 Å². The number of likely N-dealkylation sites (tertiary alicyclic amines) is 1. The number of esters is 1. The first-order chi connectivity index (χ1) is 10.7. The quantitative estimate of drug-likeness (QED) is 0.636. The molecule has 1 heterocycles. The van der Waals surface area contributed by atoms with Crippen LogP contribution in [0.4, 0.5) is 4.79 Å². The van der Waals surface area contributed by atoms with Crippen molar-refractivity contribution in [2.75, 3.05) is 20.2 Å². The van der Waals surface area contributed by atoms with Gasteiger partial charge in [-0.1, -0.05) is 35.9 Å². The zero-order valence-electron chi connectivity index (χ0n) is 12.8. The monoisotopic (exact) mass is 303 g/mol. The molecule has 1 aliphatic heterocycles. The van der Waals surface area contributed by atoms with Gasteiger partial charge in [-0.05, 0) is 24.8 Å². The molecule has 0 atom stereocenters. The summed E-state index contributed by atoms with van der Waals surface area (Å²) in [7, 11) is 1.36. The average Bonchev–Trinajstić information content (AvgIpc) is 2.79. The van der Waals surface area contributed by atoms with Crippen molar-refractivity contribution < 1.29 is 19.1 Å². The highest BCUT2D eigenvalue weighted by atomic mass is 16.6. The van der Waals surface area contributed by atoms with Gasteiger partial charge in [0.25, 0.3) is 0 Å². The molecule has 0 spiro atoms. The van der Waals surface area contributed by atoms with Gasteiger partial charge in [0.15, 0.2) is 0 Å². The van der Waals surface area contributed by atoms with E-state index in [2.05, 4.69) is 4.74 Å². The van der Waals surface area contributed by atoms with Gasteiger partial charge in [-0.3, -0.25) is 0 Å². The molecule has 1 saturated heterocycles. The fraction of sp³-hybridized carbons (Fsp3) is 0.412. The Kier molecular flexibility index (Phi) is 6.01. The van der Waals surface area contributed by atoms with E-state index >= 15 is 0 Å². The number of hydrogen-bond acceptors (Lipinski definition) is 4. The van der Waals surface area contributed by atoms with E-state index in [1.807, 2.05) is 30.3 Å². The maximum absolute atomic E-state index is 12.1. The van der Waals surface area contributed by atoms with Gasteiger partial charge in [0.2, 0.25) is 0 Å². The van der Waals surface area contributed by atoms with E-state index in [0.717, 1.165) is 24.0 Å². The third kappa shape index (κ3) is 4.91. The van der Waals surface area contributed by atoms with E-state index in [9.17, 15) is 9.59 Å². The molecular weight excluding hydrogens is 282 g/mol. The van der Waals surface area contributed by atoms with Gasteiger partial charge in [0.05, 0.1) is 7.11 Å². The van der Waals surface area contributed by atoms with Crippen LogP contribution < -0.4 is 0 Å². The van der Waals surface area contributed by atoms with Crippen LogP contribution in [0.3, 0.4) is 0 Å². The molecule has 0 N–H and O–H groups in total. The van der Waals surface area contributed by atoms with Crippen LogP contribution in [0.25, 0.3) is 0 Å². The number of carbonyl (C=O) groups is 2. The van der Waals surface area contributed by atoms with E-state index in [1.165, 1.54) is 13.2 Å². The molecule has 1 aromatic rings. The van der Waals surface area contributed by atoms with Crippen molar-refractivity contribution in [3.63, 3.8) is 0 Å². The maximum atomic E-state index is 12.1. The smallest absolute Gasteiger partial charge is 0.410 e. The van der Waals surface area contributed by atoms with E-state index < -0.39 is 0 Å². The second kappa shape index (κ2) is 8.22. The molecule has 1 fully saturated rings. The summed E-state index contributed by atoms with van der Waals surface area (Å²) in [6, 6.07) is 9.60. The van der Waals surface area contributed by atoms with E-state index in [4.69, 9.17) is 4.74 Å². The average molecular weight is 303 g/mol. The Hall–Kier alpha value is -2.30. The normalized spacial score (nSPS) is 17.0. The Labute approximate surface area is 130 Å². The number of rotatable bonds is 3. The minimum absolute atomic E-state index is 0.279. The highest BCUT2D eigenvalue weighted by Crippen LogP contribution is 2.17. The Morgan fingerprint density at radius 2 is 1.95 bits per heavy atom. The van der Waals surface area contributed by atoms with E-state index in [0.29, 0.717) is 19.5 Å². The molecule has 0 unspecified atom stereocenters. The molecule has 1 amide bonds. The summed E-state index contributed by atoms with van der Waals surface area (Å²) in [5, 5.41) is 0. The van der Waals surface area contributed by atoms with Gasteiger partial charge in [0.1, 0.15) is 6.61 Å². The first kappa shape index (κ1) is 16.1. The van der Waals surface area contributed by atoms with E-state index in [-0.39, 0.29) is 18.7 Å². The first-order valence-electron chi connectivity index (χ1n) is 7.42. The molecule has 0 saturated carbocycles. The van der Waals surface area contributed by atoms with Gasteiger partial charge in [0, 0.05) is 19.2 Å². The standard InChI is InChI=1S/C17H21NO4/c1-21-16(19)12-14-8-5-10-18(11-9-14)17(20)22-13-15-6-3-2-4-7-15/h2-4,6-7,12H,5,8-11,13H2,1H3. The third-order valence-electron chi connectivity index (χ3n) is 3.62. The van der Waals surface area contributed by atoms with Crippen LogP contribution >= 0.6 is 0 Å². The summed E-state index contributed by atoms with van der Waals surface area (Å²) in [6.07, 6.45) is 3.53. The summed E-state index contributed by atoms with van der Waals surface area (Å²) in [5.41, 5.74) is 1.99. The largest absolute Gasteiger partial charge is 0.466 e. The van der Waals surface area contributed by atoms with Crippen LogP contribution in [-0.2, 0) is 20.9 Å². The van der Waals surface area contributed by atoms with Crippen molar-refractivity contribution in [1.82, 2.24) is 4.90 Å². The molecule has 0 bridgehead atoms. The number of nitrogens with zero attached hydrogens (tertiary/aromatic N) is 1. The van der Waals surface area contributed by atoms with Gasteiger partial charge in [-0.2, -0.15) is 0 Å². The number of ether oxygens (including phenoxy) is 2. The summed E-state index contributed by atoms with van der Waals surface area (Å²) in [5.74, 6) is -0.338. The zero-order valence-corrected chi connectivity index (χ0v) is 12.8. The Balaban J connectivity index is 1.84. The number of amides is 1. The van der Waals surface area contributed by atoms with Crippen molar-refractivity contribution in [1.29, 1.82) is 0 Å². The molecule has 0 aliphatic carbocycles. The highest BCUT2D eigenvalue weighted by molar-refractivity contribution is 5.82. The van der Waals surface area contributed by atoms with Crippen LogP contribution in [0.15, 0.2) is 42.0 Å². The molecule has 1 aliphatic rings. The van der Waals surface area contributed by atoms with Crippen LogP contribution in [0, 0.1) is 0 Å². The lowest BCUT2D eigenvalue weighted by atomic mass is 10.1. The lowest BCUT2D eigenvalue weighted by molar-refractivity contribution is -0.134. The predicted octanol–water partition coefficient (Wildman–Crippen LogP) is 2.91. The van der Waals surface area contributed by atoms with Gasteiger partial charge >= 0.3 is 12.1 Å². The molecule has 118 valence electrons. The molecule has 1 aromatic carbocycles. The third-order valence-corrected chi connectivity index (χ3v) is 3.62. The molecule has 2 rings (SSSR count).